The number of carbonyl (C=O) groups is 1. The fourth-order valence-electron chi connectivity index (χ4n) is 3.61. The lowest BCUT2D eigenvalue weighted by atomic mass is 10.1. The van der Waals surface area contributed by atoms with Gasteiger partial charge < -0.3 is 9.80 Å². The Morgan fingerprint density at radius 3 is 2.84 bits per heavy atom. The average molecular weight is 356 g/mol. The van der Waals surface area contributed by atoms with Gasteiger partial charge >= 0.3 is 0 Å². The maximum Gasteiger partial charge on any atom is 0.228 e. The minimum absolute atomic E-state index is 0.246. The highest BCUT2D eigenvalue weighted by Gasteiger charge is 2.29. The first kappa shape index (κ1) is 16.7. The molecule has 1 aromatic rings. The van der Waals surface area contributed by atoms with E-state index in [9.17, 15) is 4.79 Å². The van der Waals surface area contributed by atoms with E-state index in [2.05, 4.69) is 51.4 Å². The van der Waals surface area contributed by atoms with Crippen LogP contribution in [0.2, 0.25) is 0 Å². The molecule has 0 bridgehead atoms. The van der Waals surface area contributed by atoms with Gasteiger partial charge in [0.2, 0.25) is 5.91 Å². The Bertz CT molecular complexity index is 722. The monoisotopic (exact) mass is 356 g/mol. The van der Waals surface area contributed by atoms with E-state index >= 15 is 0 Å². The zero-order valence-electron chi connectivity index (χ0n) is 14.6. The molecule has 0 aliphatic carbocycles. The largest absolute Gasteiger partial charge is 0.340 e. The smallest absolute Gasteiger partial charge is 0.228 e. The van der Waals surface area contributed by atoms with Gasteiger partial charge in [-0.2, -0.15) is 0 Å². The van der Waals surface area contributed by atoms with Gasteiger partial charge in [0.15, 0.2) is 5.17 Å². The molecule has 1 fully saturated rings. The summed E-state index contributed by atoms with van der Waals surface area (Å²) in [4.78, 5) is 23.7. The molecule has 0 radical (unpaired) electrons. The predicted molar refractivity (Wildman–Crippen MR) is 102 cm³/mol. The van der Waals surface area contributed by atoms with Gasteiger partial charge in [-0.3, -0.25) is 14.7 Å². The lowest BCUT2D eigenvalue weighted by Gasteiger charge is -2.35. The van der Waals surface area contributed by atoms with Crippen molar-refractivity contribution in [3.63, 3.8) is 0 Å². The van der Waals surface area contributed by atoms with Crippen molar-refractivity contribution in [2.75, 3.05) is 39.3 Å². The Kier molecular flexibility index (Phi) is 4.81. The summed E-state index contributed by atoms with van der Waals surface area (Å²) in [5.74, 6) is 0.246. The summed E-state index contributed by atoms with van der Waals surface area (Å²) in [6.07, 6.45) is 0.504. The van der Waals surface area contributed by atoms with Gasteiger partial charge in [-0.15, -0.1) is 0 Å². The number of carbonyl (C=O) groups excluding carboxylic acids is 1. The molecule has 25 heavy (non-hydrogen) atoms. The second-order valence-corrected chi connectivity index (χ2v) is 7.70. The minimum Gasteiger partial charge on any atom is -0.340 e. The van der Waals surface area contributed by atoms with Crippen molar-refractivity contribution >= 4 is 22.8 Å². The van der Waals surface area contributed by atoms with Crippen LogP contribution < -0.4 is 0 Å². The lowest BCUT2D eigenvalue weighted by Crippen LogP contribution is -2.48. The van der Waals surface area contributed by atoms with Crippen molar-refractivity contribution in [1.29, 1.82) is 0 Å². The van der Waals surface area contributed by atoms with E-state index < -0.39 is 0 Å². The Morgan fingerprint density at radius 1 is 1.20 bits per heavy atom. The number of hydrogen-bond acceptors (Lipinski definition) is 5. The minimum atomic E-state index is 0.246. The van der Waals surface area contributed by atoms with E-state index in [1.807, 2.05) is 4.90 Å². The molecule has 1 aromatic carbocycles. The first-order chi connectivity index (χ1) is 12.2. The molecule has 132 valence electrons. The van der Waals surface area contributed by atoms with E-state index in [1.165, 1.54) is 11.1 Å². The van der Waals surface area contributed by atoms with E-state index in [0.717, 1.165) is 56.7 Å². The summed E-state index contributed by atoms with van der Waals surface area (Å²) in [5.41, 5.74) is 3.78. The van der Waals surface area contributed by atoms with Crippen molar-refractivity contribution in [1.82, 2.24) is 14.7 Å². The van der Waals surface area contributed by atoms with Crippen LogP contribution in [-0.4, -0.2) is 65.0 Å². The van der Waals surface area contributed by atoms with Gasteiger partial charge in [-0.1, -0.05) is 41.6 Å². The molecule has 0 unspecified atom stereocenters. The topological polar surface area (TPSA) is 39.1 Å². The number of benzene rings is 1. The molecule has 1 amide bonds. The van der Waals surface area contributed by atoms with Crippen molar-refractivity contribution in [2.24, 2.45) is 4.99 Å². The molecule has 0 aromatic heterocycles. The number of nitrogens with zero attached hydrogens (tertiary/aromatic N) is 4. The molecule has 0 spiro atoms. The van der Waals surface area contributed by atoms with Gasteiger partial charge in [0.25, 0.3) is 0 Å². The average Bonchev–Trinajstić information content (AvgIpc) is 3.21. The second kappa shape index (κ2) is 7.22. The number of amides is 1. The van der Waals surface area contributed by atoms with Crippen LogP contribution in [0.3, 0.4) is 0 Å². The third-order valence-corrected chi connectivity index (χ3v) is 5.94. The van der Waals surface area contributed by atoms with E-state index in [-0.39, 0.29) is 5.91 Å². The van der Waals surface area contributed by atoms with Crippen molar-refractivity contribution < 1.29 is 4.79 Å². The fourth-order valence-corrected chi connectivity index (χ4v) is 4.56. The number of rotatable bonds is 4. The van der Waals surface area contributed by atoms with Crippen LogP contribution in [0.4, 0.5) is 0 Å². The zero-order valence-corrected chi connectivity index (χ0v) is 15.5. The maximum absolute atomic E-state index is 12.6. The molecule has 0 N–H and O–H groups in total. The van der Waals surface area contributed by atoms with E-state index in [4.69, 9.17) is 0 Å². The first-order valence-corrected chi connectivity index (χ1v) is 9.80. The Labute approximate surface area is 153 Å². The van der Waals surface area contributed by atoms with Crippen LogP contribution >= 0.6 is 11.8 Å². The van der Waals surface area contributed by atoms with Gasteiger partial charge in [0.1, 0.15) is 0 Å². The molecule has 6 heteroatoms. The SMILES string of the molecule is Cc1cccc(CN2CCN(C(=O)CC3=CSC4=NCCN34)CC2)c1. The van der Waals surface area contributed by atoms with Crippen LogP contribution in [0.25, 0.3) is 0 Å². The Balaban J connectivity index is 1.27. The zero-order chi connectivity index (χ0) is 17.2. The molecule has 5 nitrogen and oxygen atoms in total. The standard InChI is InChI=1S/C19H24N4OS/c1-15-3-2-4-16(11-15)13-21-7-9-22(10-8-21)18(24)12-17-14-25-19-20-5-6-23(17)19/h2-4,11,14H,5-10,12-13H2,1H3. The quantitative estimate of drug-likeness (QED) is 0.830. The normalized spacial score (nSPS) is 20.5. The van der Waals surface area contributed by atoms with Crippen LogP contribution in [-0.2, 0) is 11.3 Å². The fraction of sp³-hybridized carbons (Fsp3) is 0.474. The van der Waals surface area contributed by atoms with Crippen LogP contribution in [0, 0.1) is 6.92 Å². The number of fused-ring (bicyclic) bond motifs is 1. The summed E-state index contributed by atoms with van der Waals surface area (Å²) < 4.78 is 0. The summed E-state index contributed by atoms with van der Waals surface area (Å²) >= 11 is 1.65. The highest BCUT2D eigenvalue weighted by Crippen LogP contribution is 2.31. The van der Waals surface area contributed by atoms with Gasteiger partial charge in [-0.05, 0) is 17.9 Å². The summed E-state index contributed by atoms with van der Waals surface area (Å²) in [5, 5.41) is 3.15. The number of amidine groups is 1. The Hall–Kier alpha value is -1.79. The third-order valence-electron chi connectivity index (χ3n) is 4.99. The van der Waals surface area contributed by atoms with Crippen molar-refractivity contribution in [2.45, 2.75) is 19.9 Å². The number of hydrogen-bond donors (Lipinski definition) is 0. The third kappa shape index (κ3) is 3.75. The highest BCUT2D eigenvalue weighted by molar-refractivity contribution is 8.16. The molecule has 4 rings (SSSR count). The lowest BCUT2D eigenvalue weighted by molar-refractivity contribution is -0.132. The molecular formula is C19H24N4OS. The predicted octanol–water partition coefficient (Wildman–Crippen LogP) is 2.29. The van der Waals surface area contributed by atoms with Crippen LogP contribution in [0.5, 0.6) is 0 Å². The first-order valence-electron chi connectivity index (χ1n) is 8.92. The van der Waals surface area contributed by atoms with Crippen LogP contribution in [0.1, 0.15) is 17.5 Å². The molecule has 0 atom stereocenters. The molecular weight excluding hydrogens is 332 g/mol. The molecule has 3 aliphatic rings. The molecule has 3 aliphatic heterocycles. The summed E-state index contributed by atoms with van der Waals surface area (Å²) in [6.45, 7) is 8.43. The van der Waals surface area contributed by atoms with E-state index in [1.54, 1.807) is 11.8 Å². The number of aryl methyl sites for hydroxylation is 1. The van der Waals surface area contributed by atoms with Gasteiger partial charge in [0.05, 0.1) is 13.0 Å². The van der Waals surface area contributed by atoms with E-state index in [0.29, 0.717) is 6.42 Å². The maximum atomic E-state index is 12.6. The van der Waals surface area contributed by atoms with Crippen molar-refractivity contribution in [3.8, 4) is 0 Å². The van der Waals surface area contributed by atoms with Crippen LogP contribution in [0.15, 0.2) is 40.4 Å². The van der Waals surface area contributed by atoms with Gasteiger partial charge in [0, 0.05) is 45.0 Å². The number of thioether (sulfide) groups is 1. The molecule has 0 saturated carbocycles. The second-order valence-electron chi connectivity index (χ2n) is 6.87. The molecule has 3 heterocycles. The summed E-state index contributed by atoms with van der Waals surface area (Å²) in [6, 6.07) is 8.68. The molecule has 1 saturated heterocycles. The van der Waals surface area contributed by atoms with Crippen molar-refractivity contribution in [3.05, 3.63) is 46.5 Å². The number of piperazine rings is 1. The summed E-state index contributed by atoms with van der Waals surface area (Å²) in [7, 11) is 0. The number of aliphatic imine (C=N–C) groups is 1. The van der Waals surface area contributed by atoms with Gasteiger partial charge in [-0.25, -0.2) is 0 Å². The Morgan fingerprint density at radius 2 is 2.04 bits per heavy atom. The highest BCUT2D eigenvalue weighted by atomic mass is 32.2.